The van der Waals surface area contributed by atoms with Gasteiger partial charge in [0.05, 0.1) is 6.26 Å². The van der Waals surface area contributed by atoms with E-state index in [9.17, 15) is 4.79 Å². The second-order valence-electron chi connectivity index (χ2n) is 4.71. The average molecular weight is 284 g/mol. The number of rotatable bonds is 3. The number of anilines is 1. The molecule has 1 saturated heterocycles. The van der Waals surface area contributed by atoms with Gasteiger partial charge in [0.15, 0.2) is 0 Å². The van der Waals surface area contributed by atoms with E-state index in [1.54, 1.807) is 42.9 Å². The van der Waals surface area contributed by atoms with Crippen LogP contribution in [-0.2, 0) is 4.79 Å². The number of nitrogens with zero attached hydrogens (tertiary/aromatic N) is 4. The first kappa shape index (κ1) is 13.4. The third-order valence-electron chi connectivity index (χ3n) is 3.36. The minimum atomic E-state index is 0.0000278. The van der Waals surface area contributed by atoms with Gasteiger partial charge < -0.3 is 14.2 Å². The first-order chi connectivity index (χ1) is 10.3. The van der Waals surface area contributed by atoms with Crippen molar-refractivity contribution in [3.8, 4) is 0 Å². The minimum Gasteiger partial charge on any atom is -0.465 e. The van der Waals surface area contributed by atoms with Crippen molar-refractivity contribution in [2.45, 2.75) is 0 Å². The molecular formula is C15H16N4O2. The molecule has 0 bridgehead atoms. The highest BCUT2D eigenvalue weighted by atomic mass is 16.3. The Balaban J connectivity index is 1.55. The highest BCUT2D eigenvalue weighted by molar-refractivity contribution is 5.91. The van der Waals surface area contributed by atoms with Crippen molar-refractivity contribution in [1.29, 1.82) is 0 Å². The molecule has 0 saturated carbocycles. The fourth-order valence-electron chi connectivity index (χ4n) is 2.23. The van der Waals surface area contributed by atoms with Crippen molar-refractivity contribution in [3.05, 3.63) is 48.7 Å². The van der Waals surface area contributed by atoms with Gasteiger partial charge in [-0.2, -0.15) is 0 Å². The lowest BCUT2D eigenvalue weighted by Crippen LogP contribution is -2.48. The summed E-state index contributed by atoms with van der Waals surface area (Å²) in [6.45, 7) is 2.81. The fraction of sp³-hybridized carbons (Fsp3) is 0.267. The molecule has 0 N–H and O–H groups in total. The monoisotopic (exact) mass is 284 g/mol. The van der Waals surface area contributed by atoms with Crippen molar-refractivity contribution in [1.82, 2.24) is 14.9 Å². The van der Waals surface area contributed by atoms with Crippen LogP contribution in [0.25, 0.3) is 6.08 Å². The Morgan fingerprint density at radius 1 is 1.14 bits per heavy atom. The van der Waals surface area contributed by atoms with Crippen molar-refractivity contribution < 1.29 is 9.21 Å². The molecule has 21 heavy (non-hydrogen) atoms. The van der Waals surface area contributed by atoms with Gasteiger partial charge in [-0.25, -0.2) is 9.97 Å². The molecule has 108 valence electrons. The zero-order valence-corrected chi connectivity index (χ0v) is 11.6. The Bertz CT molecular complexity index is 602. The molecule has 0 aliphatic carbocycles. The number of piperazine rings is 1. The van der Waals surface area contributed by atoms with Crippen molar-refractivity contribution in [2.24, 2.45) is 0 Å². The summed E-state index contributed by atoms with van der Waals surface area (Å²) in [6, 6.07) is 5.40. The fourth-order valence-corrected chi connectivity index (χ4v) is 2.23. The van der Waals surface area contributed by atoms with E-state index in [4.69, 9.17) is 4.42 Å². The molecule has 3 heterocycles. The Hall–Kier alpha value is -2.63. The van der Waals surface area contributed by atoms with E-state index in [2.05, 4.69) is 14.9 Å². The van der Waals surface area contributed by atoms with E-state index in [0.29, 0.717) is 18.8 Å². The van der Waals surface area contributed by atoms with Crippen LogP contribution in [-0.4, -0.2) is 47.0 Å². The molecule has 1 fully saturated rings. The van der Waals surface area contributed by atoms with E-state index >= 15 is 0 Å². The number of amides is 1. The summed E-state index contributed by atoms with van der Waals surface area (Å²) in [5.74, 6) is 1.40. The summed E-state index contributed by atoms with van der Waals surface area (Å²) < 4.78 is 5.16. The highest BCUT2D eigenvalue weighted by Gasteiger charge is 2.20. The van der Waals surface area contributed by atoms with E-state index in [0.717, 1.165) is 19.0 Å². The molecule has 0 unspecified atom stereocenters. The van der Waals surface area contributed by atoms with Crippen LogP contribution < -0.4 is 4.90 Å². The molecular weight excluding hydrogens is 268 g/mol. The molecule has 6 nitrogen and oxygen atoms in total. The zero-order chi connectivity index (χ0) is 14.5. The normalized spacial score (nSPS) is 15.6. The predicted octanol–water partition coefficient (Wildman–Crippen LogP) is 1.43. The summed E-state index contributed by atoms with van der Waals surface area (Å²) >= 11 is 0. The van der Waals surface area contributed by atoms with Crippen LogP contribution in [0.5, 0.6) is 0 Å². The van der Waals surface area contributed by atoms with Gasteiger partial charge in [0, 0.05) is 44.6 Å². The maximum atomic E-state index is 12.1. The van der Waals surface area contributed by atoms with Crippen LogP contribution in [0.1, 0.15) is 5.76 Å². The first-order valence-electron chi connectivity index (χ1n) is 6.85. The van der Waals surface area contributed by atoms with E-state index in [1.807, 2.05) is 11.0 Å². The van der Waals surface area contributed by atoms with Gasteiger partial charge in [0.1, 0.15) is 5.76 Å². The summed E-state index contributed by atoms with van der Waals surface area (Å²) in [6.07, 6.45) is 8.28. The first-order valence-corrected chi connectivity index (χ1v) is 6.85. The van der Waals surface area contributed by atoms with Gasteiger partial charge in [0.25, 0.3) is 0 Å². The van der Waals surface area contributed by atoms with Gasteiger partial charge >= 0.3 is 0 Å². The summed E-state index contributed by atoms with van der Waals surface area (Å²) in [5.41, 5.74) is 0. The topological polar surface area (TPSA) is 62.5 Å². The lowest BCUT2D eigenvalue weighted by atomic mass is 10.3. The summed E-state index contributed by atoms with van der Waals surface area (Å²) in [7, 11) is 0. The Morgan fingerprint density at radius 3 is 2.57 bits per heavy atom. The summed E-state index contributed by atoms with van der Waals surface area (Å²) in [4.78, 5) is 24.4. The lowest BCUT2D eigenvalue weighted by molar-refractivity contribution is -0.126. The van der Waals surface area contributed by atoms with Crippen molar-refractivity contribution in [2.75, 3.05) is 31.1 Å². The maximum absolute atomic E-state index is 12.1. The maximum Gasteiger partial charge on any atom is 0.246 e. The molecule has 0 atom stereocenters. The minimum absolute atomic E-state index is 0.0000278. The molecule has 1 amide bonds. The zero-order valence-electron chi connectivity index (χ0n) is 11.6. The largest absolute Gasteiger partial charge is 0.465 e. The lowest BCUT2D eigenvalue weighted by Gasteiger charge is -2.34. The number of hydrogen-bond donors (Lipinski definition) is 0. The predicted molar refractivity (Wildman–Crippen MR) is 78.6 cm³/mol. The standard InChI is InChI=1S/C15H16N4O2/c20-14(5-4-13-3-1-12-21-13)18-8-10-19(11-9-18)15-16-6-2-7-17-15/h1-7,12H,8-11H2. The quantitative estimate of drug-likeness (QED) is 0.798. The third kappa shape index (κ3) is 3.28. The molecule has 3 rings (SSSR count). The van der Waals surface area contributed by atoms with Gasteiger partial charge in [0.2, 0.25) is 11.9 Å². The molecule has 2 aromatic heterocycles. The van der Waals surface area contributed by atoms with Gasteiger partial charge in [-0.15, -0.1) is 0 Å². The summed E-state index contributed by atoms with van der Waals surface area (Å²) in [5, 5.41) is 0. The average Bonchev–Trinajstić information content (AvgIpc) is 3.07. The van der Waals surface area contributed by atoms with Gasteiger partial charge in [-0.3, -0.25) is 4.79 Å². The molecule has 6 heteroatoms. The molecule has 1 aliphatic rings. The second kappa shape index (κ2) is 6.21. The number of carbonyl (C=O) groups is 1. The number of carbonyl (C=O) groups excluding carboxylic acids is 1. The van der Waals surface area contributed by atoms with Gasteiger partial charge in [-0.05, 0) is 24.3 Å². The SMILES string of the molecule is O=C(C=Cc1ccco1)N1CCN(c2ncccn2)CC1. The van der Waals surface area contributed by atoms with Crippen LogP contribution in [0.2, 0.25) is 0 Å². The van der Waals surface area contributed by atoms with E-state index in [1.165, 1.54) is 0 Å². The number of hydrogen-bond acceptors (Lipinski definition) is 5. The molecule has 0 aromatic carbocycles. The van der Waals surface area contributed by atoms with Crippen LogP contribution in [0, 0.1) is 0 Å². The van der Waals surface area contributed by atoms with Crippen molar-refractivity contribution in [3.63, 3.8) is 0 Å². The van der Waals surface area contributed by atoms with Crippen LogP contribution in [0.15, 0.2) is 47.3 Å². The molecule has 0 spiro atoms. The smallest absolute Gasteiger partial charge is 0.246 e. The number of aromatic nitrogens is 2. The highest BCUT2D eigenvalue weighted by Crippen LogP contribution is 2.10. The van der Waals surface area contributed by atoms with Crippen LogP contribution in [0.4, 0.5) is 5.95 Å². The number of furan rings is 1. The van der Waals surface area contributed by atoms with Gasteiger partial charge in [-0.1, -0.05) is 0 Å². The third-order valence-corrected chi connectivity index (χ3v) is 3.36. The van der Waals surface area contributed by atoms with E-state index in [-0.39, 0.29) is 5.91 Å². The van der Waals surface area contributed by atoms with Crippen molar-refractivity contribution >= 4 is 17.9 Å². The van der Waals surface area contributed by atoms with E-state index < -0.39 is 0 Å². The molecule has 2 aromatic rings. The Labute approximate surface area is 122 Å². The Kier molecular flexibility index (Phi) is 3.95. The van der Waals surface area contributed by atoms with Crippen LogP contribution in [0.3, 0.4) is 0 Å². The molecule has 1 aliphatic heterocycles. The second-order valence-corrected chi connectivity index (χ2v) is 4.71. The molecule has 0 radical (unpaired) electrons. The Morgan fingerprint density at radius 2 is 1.90 bits per heavy atom. The van der Waals surface area contributed by atoms with Crippen LogP contribution >= 0.6 is 0 Å².